The molecule has 0 fully saturated rings. The molecule has 1 aromatic rings. The highest BCUT2D eigenvalue weighted by molar-refractivity contribution is 5.43. The number of nitrogens with one attached hydrogen (secondary N) is 1. The van der Waals surface area contributed by atoms with E-state index in [2.05, 4.69) is 50.2 Å². The van der Waals surface area contributed by atoms with Crippen LogP contribution in [0.2, 0.25) is 0 Å². The fraction of sp³-hybridized carbons (Fsp3) is 0.688. The van der Waals surface area contributed by atoms with Crippen LogP contribution < -0.4 is 10.2 Å². The number of hydrogen-bond acceptors (Lipinski definition) is 3. The van der Waals surface area contributed by atoms with E-state index in [1.54, 1.807) is 0 Å². The van der Waals surface area contributed by atoms with Gasteiger partial charge in [0.25, 0.3) is 0 Å². The van der Waals surface area contributed by atoms with Crippen molar-refractivity contribution in [2.75, 3.05) is 19.0 Å². The second-order valence-electron chi connectivity index (χ2n) is 5.19. The zero-order valence-electron chi connectivity index (χ0n) is 13.2. The predicted octanol–water partition coefficient (Wildman–Crippen LogP) is 3.38. The van der Waals surface area contributed by atoms with Crippen molar-refractivity contribution in [2.24, 2.45) is 0 Å². The minimum absolute atomic E-state index is 0.576. The molecule has 0 bridgehead atoms. The van der Waals surface area contributed by atoms with Crippen molar-refractivity contribution in [2.45, 2.75) is 59.0 Å². The van der Waals surface area contributed by atoms with Crippen LogP contribution in [0.1, 0.15) is 51.3 Å². The van der Waals surface area contributed by atoms with Crippen LogP contribution in [0.5, 0.6) is 0 Å². The Labute approximate surface area is 118 Å². The summed E-state index contributed by atoms with van der Waals surface area (Å²) in [6, 6.07) is 5.02. The summed E-state index contributed by atoms with van der Waals surface area (Å²) >= 11 is 0. The van der Waals surface area contributed by atoms with E-state index in [0.717, 1.165) is 38.0 Å². The van der Waals surface area contributed by atoms with Gasteiger partial charge in [-0.15, -0.1) is 0 Å². The monoisotopic (exact) mass is 263 g/mol. The molecule has 3 nitrogen and oxygen atoms in total. The highest BCUT2D eigenvalue weighted by atomic mass is 15.2. The largest absolute Gasteiger partial charge is 0.357 e. The highest BCUT2D eigenvalue weighted by Gasteiger charge is 2.13. The number of hydrogen-bond donors (Lipinski definition) is 1. The van der Waals surface area contributed by atoms with Gasteiger partial charge in [0.05, 0.1) is 0 Å². The molecule has 0 aliphatic carbocycles. The van der Waals surface area contributed by atoms with Gasteiger partial charge in [-0.05, 0) is 44.0 Å². The molecule has 0 aromatic carbocycles. The number of aryl methyl sites for hydroxylation is 1. The molecule has 0 saturated carbocycles. The van der Waals surface area contributed by atoms with Crippen LogP contribution in [0, 0.1) is 0 Å². The van der Waals surface area contributed by atoms with E-state index in [0.29, 0.717) is 6.04 Å². The molecule has 1 aromatic heterocycles. The molecule has 0 spiro atoms. The quantitative estimate of drug-likeness (QED) is 0.779. The summed E-state index contributed by atoms with van der Waals surface area (Å²) in [4.78, 5) is 7.15. The first-order valence-electron chi connectivity index (χ1n) is 7.53. The van der Waals surface area contributed by atoms with E-state index in [9.17, 15) is 0 Å². The van der Waals surface area contributed by atoms with Crippen molar-refractivity contribution < 1.29 is 0 Å². The second kappa shape index (κ2) is 8.16. The average Bonchev–Trinajstić information content (AvgIpc) is 2.40. The average molecular weight is 263 g/mol. The third-order valence-corrected chi connectivity index (χ3v) is 3.66. The predicted molar refractivity (Wildman–Crippen MR) is 83.8 cm³/mol. The maximum Gasteiger partial charge on any atom is 0.129 e. The molecule has 0 saturated heterocycles. The normalized spacial score (nSPS) is 11.1. The Morgan fingerprint density at radius 3 is 2.42 bits per heavy atom. The van der Waals surface area contributed by atoms with Crippen LogP contribution in [0.15, 0.2) is 12.1 Å². The fourth-order valence-electron chi connectivity index (χ4n) is 2.53. The Kier molecular flexibility index (Phi) is 6.85. The zero-order chi connectivity index (χ0) is 14.3. The van der Waals surface area contributed by atoms with Gasteiger partial charge in [0.2, 0.25) is 0 Å². The van der Waals surface area contributed by atoms with Crippen LogP contribution in [0.25, 0.3) is 0 Å². The van der Waals surface area contributed by atoms with E-state index >= 15 is 0 Å². The molecule has 1 rings (SSSR count). The third-order valence-electron chi connectivity index (χ3n) is 3.66. The summed E-state index contributed by atoms with van der Waals surface area (Å²) in [5, 5.41) is 3.23. The lowest BCUT2D eigenvalue weighted by Gasteiger charge is -2.28. The van der Waals surface area contributed by atoms with Crippen LogP contribution in [-0.4, -0.2) is 25.1 Å². The molecule has 0 aliphatic rings. The van der Waals surface area contributed by atoms with E-state index in [1.165, 1.54) is 11.3 Å². The van der Waals surface area contributed by atoms with Crippen molar-refractivity contribution in [3.8, 4) is 0 Å². The molecule has 0 amide bonds. The van der Waals surface area contributed by atoms with Gasteiger partial charge in [-0.3, -0.25) is 0 Å². The minimum Gasteiger partial charge on any atom is -0.357 e. The molecule has 0 atom stereocenters. The fourth-order valence-corrected chi connectivity index (χ4v) is 2.53. The first-order chi connectivity index (χ1) is 9.15. The van der Waals surface area contributed by atoms with Crippen molar-refractivity contribution in [1.82, 2.24) is 10.3 Å². The molecule has 0 unspecified atom stereocenters. The summed E-state index contributed by atoms with van der Waals surface area (Å²) < 4.78 is 0. The van der Waals surface area contributed by atoms with E-state index < -0.39 is 0 Å². The standard InChI is InChI=1S/C16H29N3/c1-6-9-14-10-13(12-17-4)11-16(18-14)19(5)15(7-2)8-3/h10-11,15,17H,6-9,12H2,1-5H3. The van der Waals surface area contributed by atoms with Gasteiger partial charge >= 0.3 is 0 Å². The molecule has 0 radical (unpaired) electrons. The Bertz CT molecular complexity index is 348. The molecular formula is C16H29N3. The zero-order valence-corrected chi connectivity index (χ0v) is 13.2. The number of rotatable bonds is 8. The maximum atomic E-state index is 4.82. The number of aromatic nitrogens is 1. The minimum atomic E-state index is 0.576. The van der Waals surface area contributed by atoms with Gasteiger partial charge < -0.3 is 10.2 Å². The Balaban J connectivity index is 3.03. The van der Waals surface area contributed by atoms with Crippen LogP contribution in [-0.2, 0) is 13.0 Å². The van der Waals surface area contributed by atoms with Gasteiger partial charge in [-0.25, -0.2) is 4.98 Å². The topological polar surface area (TPSA) is 28.2 Å². The lowest BCUT2D eigenvalue weighted by atomic mass is 10.1. The Morgan fingerprint density at radius 2 is 1.89 bits per heavy atom. The van der Waals surface area contributed by atoms with Gasteiger partial charge in [0.15, 0.2) is 0 Å². The number of nitrogens with zero attached hydrogens (tertiary/aromatic N) is 2. The van der Waals surface area contributed by atoms with Crippen molar-refractivity contribution in [3.05, 3.63) is 23.4 Å². The molecule has 1 heterocycles. The van der Waals surface area contributed by atoms with E-state index in [-0.39, 0.29) is 0 Å². The van der Waals surface area contributed by atoms with Gasteiger partial charge in [-0.2, -0.15) is 0 Å². The summed E-state index contributed by atoms with van der Waals surface area (Å²) in [6.07, 6.45) is 4.52. The molecule has 108 valence electrons. The van der Waals surface area contributed by atoms with Gasteiger partial charge in [0.1, 0.15) is 5.82 Å². The van der Waals surface area contributed by atoms with Crippen molar-refractivity contribution >= 4 is 5.82 Å². The van der Waals surface area contributed by atoms with Gasteiger partial charge in [0, 0.05) is 25.3 Å². The summed E-state index contributed by atoms with van der Waals surface area (Å²) in [7, 11) is 4.16. The van der Waals surface area contributed by atoms with Crippen molar-refractivity contribution in [1.29, 1.82) is 0 Å². The number of pyridine rings is 1. The van der Waals surface area contributed by atoms with Crippen LogP contribution in [0.3, 0.4) is 0 Å². The molecule has 1 N–H and O–H groups in total. The Morgan fingerprint density at radius 1 is 1.21 bits per heavy atom. The van der Waals surface area contributed by atoms with Crippen molar-refractivity contribution in [3.63, 3.8) is 0 Å². The van der Waals surface area contributed by atoms with Crippen LogP contribution >= 0.6 is 0 Å². The Hall–Kier alpha value is -1.09. The summed E-state index contributed by atoms with van der Waals surface area (Å²) in [5.74, 6) is 1.12. The summed E-state index contributed by atoms with van der Waals surface area (Å²) in [6.45, 7) is 7.60. The molecule has 3 heteroatoms. The molecular weight excluding hydrogens is 234 g/mol. The van der Waals surface area contributed by atoms with Crippen LogP contribution in [0.4, 0.5) is 5.82 Å². The molecule has 19 heavy (non-hydrogen) atoms. The third kappa shape index (κ3) is 4.50. The number of anilines is 1. The second-order valence-corrected chi connectivity index (χ2v) is 5.19. The maximum absolute atomic E-state index is 4.82. The van der Waals surface area contributed by atoms with E-state index in [4.69, 9.17) is 4.98 Å². The summed E-state index contributed by atoms with van der Waals surface area (Å²) in [5.41, 5.74) is 2.54. The molecule has 0 aliphatic heterocycles. The first-order valence-corrected chi connectivity index (χ1v) is 7.53. The lowest BCUT2D eigenvalue weighted by Crippen LogP contribution is -2.31. The van der Waals surface area contributed by atoms with E-state index in [1.807, 2.05) is 7.05 Å². The SMILES string of the molecule is CCCc1cc(CNC)cc(N(C)C(CC)CC)n1. The lowest BCUT2D eigenvalue weighted by molar-refractivity contribution is 0.585. The smallest absolute Gasteiger partial charge is 0.129 e. The van der Waals surface area contributed by atoms with Gasteiger partial charge in [-0.1, -0.05) is 27.2 Å². The first kappa shape index (κ1) is 16.0. The highest BCUT2D eigenvalue weighted by Crippen LogP contribution is 2.19.